The molecule has 0 aliphatic heterocycles. The average Bonchev–Trinajstić information content (AvgIpc) is 2.27. The van der Waals surface area contributed by atoms with E-state index in [-0.39, 0.29) is 0 Å². The van der Waals surface area contributed by atoms with Gasteiger partial charge in [0.2, 0.25) is 0 Å². The van der Waals surface area contributed by atoms with Gasteiger partial charge in [0.25, 0.3) is 0 Å². The maximum atomic E-state index is 11.5. The molecule has 0 rings (SSSR count). The predicted octanol–water partition coefficient (Wildman–Crippen LogP) is 1.99. The Bertz CT molecular complexity index is 299. The van der Waals surface area contributed by atoms with Gasteiger partial charge in [-0.15, -0.1) is 0 Å². The molecular weight excluding hydrogens is 219 g/mol. The van der Waals surface area contributed by atoms with Crippen LogP contribution in [0.5, 0.6) is 0 Å². The minimum atomic E-state index is -3.61. The summed E-state index contributed by atoms with van der Waals surface area (Å²) >= 11 is 0. The van der Waals surface area contributed by atoms with Gasteiger partial charge in [-0.25, -0.2) is 4.57 Å². The fraction of sp³-hybridized carbons (Fsp3) is 0.750. The lowest BCUT2D eigenvalue weighted by Crippen LogP contribution is -2.10. The minimum Gasteiger partial charge on any atom is -0.290 e. The second-order valence-corrected chi connectivity index (χ2v) is 4.42. The molecule has 0 saturated heterocycles. The van der Waals surface area contributed by atoms with Gasteiger partial charge in [0.15, 0.2) is 6.10 Å². The summed E-state index contributed by atoms with van der Waals surface area (Å²) in [7, 11) is -1.26. The summed E-state index contributed by atoms with van der Waals surface area (Å²) in [6, 6.07) is 3.76. The van der Waals surface area contributed by atoms with E-state index in [0.717, 1.165) is 0 Å². The molecular formula is C8H13N2O4P. The zero-order valence-electron chi connectivity index (χ0n) is 8.67. The topological polar surface area (TPSA) is 92.3 Å². The van der Waals surface area contributed by atoms with E-state index in [9.17, 15) is 4.57 Å². The Hall–Kier alpha value is -0.910. The summed E-state index contributed by atoms with van der Waals surface area (Å²) in [5.74, 6) is 0. The minimum absolute atomic E-state index is 0.320. The highest BCUT2D eigenvalue weighted by Gasteiger charge is 2.27. The van der Waals surface area contributed by atoms with E-state index in [1.54, 1.807) is 0 Å². The molecule has 0 saturated carbocycles. The second kappa shape index (κ2) is 7.39. The molecule has 0 bridgehead atoms. The monoisotopic (exact) mass is 232 g/mol. The molecule has 6 nitrogen and oxygen atoms in total. The first kappa shape index (κ1) is 14.1. The molecule has 0 aliphatic rings. The molecule has 0 amide bonds. The summed E-state index contributed by atoms with van der Waals surface area (Å²) in [6.07, 6.45) is 0.262. The summed E-state index contributed by atoms with van der Waals surface area (Å²) in [5, 5.41) is 17.0. The number of unbranched alkanes of at least 4 members (excludes halogenated alkanes) is 1. The van der Waals surface area contributed by atoms with Gasteiger partial charge in [-0.2, -0.15) is 10.5 Å². The molecule has 0 aromatic rings. The lowest BCUT2D eigenvalue weighted by atomic mass is 10.2. The van der Waals surface area contributed by atoms with Crippen LogP contribution < -0.4 is 0 Å². The molecule has 1 atom stereocenters. The Morgan fingerprint density at radius 2 is 1.93 bits per heavy atom. The third-order valence-electron chi connectivity index (χ3n) is 1.60. The highest BCUT2D eigenvalue weighted by molar-refractivity contribution is 7.48. The van der Waals surface area contributed by atoms with Crippen LogP contribution in [-0.4, -0.2) is 20.3 Å². The van der Waals surface area contributed by atoms with Crippen LogP contribution >= 0.6 is 7.82 Å². The molecule has 0 spiro atoms. The van der Waals surface area contributed by atoms with Gasteiger partial charge in [0, 0.05) is 20.6 Å². The van der Waals surface area contributed by atoms with Crippen molar-refractivity contribution in [2.45, 2.75) is 25.4 Å². The first-order chi connectivity index (χ1) is 7.11. The van der Waals surface area contributed by atoms with Crippen LogP contribution in [0, 0.1) is 22.7 Å². The van der Waals surface area contributed by atoms with Crippen LogP contribution in [0.4, 0.5) is 0 Å². The van der Waals surface area contributed by atoms with Crippen LogP contribution in [0.25, 0.3) is 0 Å². The molecule has 7 heteroatoms. The van der Waals surface area contributed by atoms with Gasteiger partial charge >= 0.3 is 7.82 Å². The number of nitriles is 2. The van der Waals surface area contributed by atoms with E-state index >= 15 is 0 Å². The fourth-order valence-electron chi connectivity index (χ4n) is 0.824. The van der Waals surface area contributed by atoms with Gasteiger partial charge in [0.1, 0.15) is 0 Å². The second-order valence-electron chi connectivity index (χ2n) is 2.59. The number of nitrogens with zero attached hydrogens (tertiary/aromatic N) is 2. The van der Waals surface area contributed by atoms with Crippen molar-refractivity contribution in [2.75, 3.05) is 14.2 Å². The molecule has 0 N–H and O–H groups in total. The average molecular weight is 232 g/mol. The van der Waals surface area contributed by atoms with E-state index in [1.807, 2.05) is 12.1 Å². The van der Waals surface area contributed by atoms with Gasteiger partial charge in [-0.05, 0) is 12.8 Å². The number of hydrogen-bond donors (Lipinski definition) is 0. The Labute approximate surface area is 89.0 Å². The van der Waals surface area contributed by atoms with E-state index in [1.165, 1.54) is 14.2 Å². The molecule has 0 radical (unpaired) electrons. The van der Waals surface area contributed by atoms with E-state index in [0.29, 0.717) is 19.3 Å². The molecule has 15 heavy (non-hydrogen) atoms. The Morgan fingerprint density at radius 3 is 2.33 bits per heavy atom. The van der Waals surface area contributed by atoms with Crippen LogP contribution in [0.2, 0.25) is 0 Å². The Balaban J connectivity index is 4.16. The normalized spacial score (nSPS) is 12.8. The van der Waals surface area contributed by atoms with Gasteiger partial charge in [0.05, 0.1) is 12.1 Å². The fourth-order valence-corrected chi connectivity index (χ4v) is 1.61. The Kier molecular flexibility index (Phi) is 6.94. The van der Waals surface area contributed by atoms with Crippen LogP contribution in [0.3, 0.4) is 0 Å². The Morgan fingerprint density at radius 1 is 1.33 bits per heavy atom. The van der Waals surface area contributed by atoms with Crippen LogP contribution in [-0.2, 0) is 18.1 Å². The zero-order valence-corrected chi connectivity index (χ0v) is 9.57. The van der Waals surface area contributed by atoms with Crippen molar-refractivity contribution in [3.8, 4) is 12.1 Å². The number of phosphoric acid groups is 1. The molecule has 1 unspecified atom stereocenters. The molecule has 84 valence electrons. The SMILES string of the molecule is COP(=O)(OC)OC(C#N)CCCC#N. The molecule has 0 fully saturated rings. The summed E-state index contributed by atoms with van der Waals surface area (Å²) in [5.41, 5.74) is 0. The van der Waals surface area contributed by atoms with Crippen molar-refractivity contribution in [2.24, 2.45) is 0 Å². The predicted molar refractivity (Wildman–Crippen MR) is 51.6 cm³/mol. The van der Waals surface area contributed by atoms with Crippen molar-refractivity contribution < 1.29 is 18.1 Å². The van der Waals surface area contributed by atoms with E-state index in [2.05, 4.69) is 9.05 Å². The third kappa shape index (κ3) is 5.51. The maximum Gasteiger partial charge on any atom is 0.475 e. The van der Waals surface area contributed by atoms with Crippen LogP contribution in [0.1, 0.15) is 19.3 Å². The first-order valence-electron chi connectivity index (χ1n) is 4.28. The van der Waals surface area contributed by atoms with Gasteiger partial charge in [-0.3, -0.25) is 13.6 Å². The molecule has 0 aliphatic carbocycles. The summed E-state index contributed by atoms with van der Waals surface area (Å²) in [4.78, 5) is 0. The highest BCUT2D eigenvalue weighted by atomic mass is 31.2. The van der Waals surface area contributed by atoms with Crippen molar-refractivity contribution >= 4 is 7.82 Å². The van der Waals surface area contributed by atoms with Crippen LogP contribution in [0.15, 0.2) is 0 Å². The first-order valence-corrected chi connectivity index (χ1v) is 5.74. The highest BCUT2D eigenvalue weighted by Crippen LogP contribution is 2.49. The molecule has 0 aromatic heterocycles. The zero-order chi connectivity index (χ0) is 11.7. The standard InChI is InChI=1S/C8H13N2O4P/c1-12-15(11,13-2)14-8(7-10)5-3-4-6-9/h8H,3-5H2,1-2H3. The third-order valence-corrected chi connectivity index (χ3v) is 3.01. The number of rotatable bonds is 7. The lowest BCUT2D eigenvalue weighted by molar-refractivity contribution is 0.124. The smallest absolute Gasteiger partial charge is 0.290 e. The summed E-state index contributed by atoms with van der Waals surface area (Å²) < 4.78 is 25.4. The molecule has 0 aromatic carbocycles. The van der Waals surface area contributed by atoms with Crippen molar-refractivity contribution in [3.63, 3.8) is 0 Å². The maximum absolute atomic E-state index is 11.5. The van der Waals surface area contributed by atoms with E-state index in [4.69, 9.17) is 15.0 Å². The largest absolute Gasteiger partial charge is 0.475 e. The van der Waals surface area contributed by atoms with Gasteiger partial charge in [-0.1, -0.05) is 0 Å². The summed E-state index contributed by atoms with van der Waals surface area (Å²) in [6.45, 7) is 0. The van der Waals surface area contributed by atoms with Crippen molar-refractivity contribution in [1.29, 1.82) is 10.5 Å². The van der Waals surface area contributed by atoms with E-state index < -0.39 is 13.9 Å². The van der Waals surface area contributed by atoms with Crippen molar-refractivity contribution in [1.82, 2.24) is 0 Å². The quantitative estimate of drug-likeness (QED) is 0.492. The lowest BCUT2D eigenvalue weighted by Gasteiger charge is -2.16. The number of hydrogen-bond acceptors (Lipinski definition) is 6. The number of phosphoric ester groups is 1. The van der Waals surface area contributed by atoms with Crippen molar-refractivity contribution in [3.05, 3.63) is 0 Å². The van der Waals surface area contributed by atoms with Gasteiger partial charge < -0.3 is 0 Å². The molecule has 0 heterocycles.